The minimum atomic E-state index is -3.69. The smallest absolute Gasteiger partial charge is 0.340 e. The van der Waals surface area contributed by atoms with Gasteiger partial charge in [0.15, 0.2) is 0 Å². The minimum absolute atomic E-state index is 0.152. The molecule has 2 N–H and O–H groups in total. The Kier molecular flexibility index (Phi) is 5.96. The van der Waals surface area contributed by atoms with Crippen LogP contribution in [-0.2, 0) is 16.6 Å². The number of rotatable bonds is 7. The van der Waals surface area contributed by atoms with Gasteiger partial charge < -0.3 is 9.15 Å². The van der Waals surface area contributed by atoms with E-state index >= 15 is 0 Å². The van der Waals surface area contributed by atoms with Crippen LogP contribution in [-0.4, -0.2) is 25.4 Å². The van der Waals surface area contributed by atoms with Crippen LogP contribution in [0.5, 0.6) is 10.9 Å². The maximum Gasteiger partial charge on any atom is 0.340 e. The topological polar surface area (TPSA) is 123 Å². The van der Waals surface area contributed by atoms with Crippen molar-refractivity contribution >= 4 is 38.3 Å². The zero-order valence-electron chi connectivity index (χ0n) is 17.5. The molecule has 3 aromatic heterocycles. The van der Waals surface area contributed by atoms with Crippen LogP contribution in [0.2, 0.25) is 0 Å². The fraction of sp³-hybridized carbons (Fsp3) is 0.190. The molecule has 0 bridgehead atoms. The third kappa shape index (κ3) is 4.64. The Bertz CT molecular complexity index is 1450. The standard InChI is InChI=1S/C21H20N4O5S2/c1-12-8-15-13(2)16(9-14-4-5-23-19(10-14)25-32(27,28)22-3)20(26)29-18(15)11-17(12)30-21-24-6-7-31-21/h4-8,10-11,22H,9H2,1-3H3,(H,23,25). The summed E-state index contributed by atoms with van der Waals surface area (Å²) in [5.74, 6) is 0.720. The molecule has 32 heavy (non-hydrogen) atoms. The number of anilines is 1. The van der Waals surface area contributed by atoms with E-state index in [1.165, 1.54) is 24.6 Å². The predicted octanol–water partition coefficient (Wildman–Crippen LogP) is 3.52. The largest absolute Gasteiger partial charge is 0.430 e. The van der Waals surface area contributed by atoms with Crippen molar-refractivity contribution in [2.75, 3.05) is 11.8 Å². The molecule has 0 radical (unpaired) electrons. The number of nitrogens with zero attached hydrogens (tertiary/aromatic N) is 2. The van der Waals surface area contributed by atoms with Crippen molar-refractivity contribution in [2.45, 2.75) is 20.3 Å². The molecule has 0 atom stereocenters. The molecule has 0 aliphatic heterocycles. The molecule has 0 aliphatic carbocycles. The number of pyridine rings is 1. The average Bonchev–Trinajstić information content (AvgIpc) is 3.26. The number of aryl methyl sites for hydroxylation is 2. The van der Waals surface area contributed by atoms with Crippen LogP contribution in [0.1, 0.15) is 22.3 Å². The van der Waals surface area contributed by atoms with E-state index in [1.807, 2.05) is 25.3 Å². The lowest BCUT2D eigenvalue weighted by Crippen LogP contribution is -2.26. The number of hydrogen-bond acceptors (Lipinski definition) is 8. The monoisotopic (exact) mass is 472 g/mol. The summed E-state index contributed by atoms with van der Waals surface area (Å²) in [4.78, 5) is 20.9. The Labute approximate surface area is 188 Å². The van der Waals surface area contributed by atoms with Gasteiger partial charge in [-0.05, 0) is 48.7 Å². The van der Waals surface area contributed by atoms with Gasteiger partial charge in [-0.2, -0.15) is 8.42 Å². The number of ether oxygens (including phenoxy) is 1. The molecule has 11 heteroatoms. The van der Waals surface area contributed by atoms with Crippen molar-refractivity contribution in [1.29, 1.82) is 0 Å². The van der Waals surface area contributed by atoms with Crippen molar-refractivity contribution in [3.8, 4) is 10.9 Å². The first kappa shape index (κ1) is 21.9. The summed E-state index contributed by atoms with van der Waals surface area (Å²) in [6.07, 6.45) is 3.39. The van der Waals surface area contributed by atoms with Gasteiger partial charge >= 0.3 is 5.63 Å². The summed E-state index contributed by atoms with van der Waals surface area (Å²) >= 11 is 1.37. The second kappa shape index (κ2) is 8.69. The van der Waals surface area contributed by atoms with Gasteiger partial charge in [-0.3, -0.25) is 4.72 Å². The van der Waals surface area contributed by atoms with Crippen LogP contribution in [0, 0.1) is 13.8 Å². The van der Waals surface area contributed by atoms with Gasteiger partial charge in [0.1, 0.15) is 17.2 Å². The third-order valence-corrected chi connectivity index (χ3v) is 6.57. The highest BCUT2D eigenvalue weighted by Gasteiger charge is 2.16. The lowest BCUT2D eigenvalue weighted by Gasteiger charge is -2.12. The summed E-state index contributed by atoms with van der Waals surface area (Å²) in [6.45, 7) is 3.77. The van der Waals surface area contributed by atoms with Crippen LogP contribution in [0.3, 0.4) is 0 Å². The zero-order valence-corrected chi connectivity index (χ0v) is 19.1. The molecular formula is C21H20N4O5S2. The van der Waals surface area contributed by atoms with Crippen LogP contribution in [0.4, 0.5) is 5.82 Å². The fourth-order valence-electron chi connectivity index (χ4n) is 3.23. The number of hydrogen-bond donors (Lipinski definition) is 2. The Morgan fingerprint density at radius 1 is 1.16 bits per heavy atom. The van der Waals surface area contributed by atoms with Gasteiger partial charge in [0.25, 0.3) is 15.4 Å². The van der Waals surface area contributed by atoms with Crippen LogP contribution < -0.4 is 19.8 Å². The number of thiazole rings is 1. The Balaban J connectivity index is 1.69. The minimum Gasteiger partial charge on any atom is -0.430 e. The lowest BCUT2D eigenvalue weighted by atomic mass is 9.99. The highest BCUT2D eigenvalue weighted by molar-refractivity contribution is 7.90. The van der Waals surface area contributed by atoms with Crippen molar-refractivity contribution in [3.63, 3.8) is 0 Å². The van der Waals surface area contributed by atoms with E-state index < -0.39 is 15.8 Å². The Morgan fingerprint density at radius 2 is 1.97 bits per heavy atom. The van der Waals surface area contributed by atoms with E-state index in [0.29, 0.717) is 27.7 Å². The number of benzene rings is 1. The van der Waals surface area contributed by atoms with Crippen LogP contribution in [0.25, 0.3) is 11.0 Å². The van der Waals surface area contributed by atoms with Gasteiger partial charge in [-0.25, -0.2) is 19.5 Å². The molecule has 0 aliphatic rings. The van der Waals surface area contributed by atoms with Gasteiger partial charge in [-0.1, -0.05) is 11.3 Å². The van der Waals surface area contributed by atoms with Gasteiger partial charge in [0.2, 0.25) is 0 Å². The van der Waals surface area contributed by atoms with E-state index in [4.69, 9.17) is 9.15 Å². The SMILES string of the molecule is CNS(=O)(=O)Nc1cc(Cc2c(C)c3cc(C)c(Oc4nccs4)cc3oc2=O)ccn1. The summed E-state index contributed by atoms with van der Waals surface area (Å²) in [6, 6.07) is 6.91. The highest BCUT2D eigenvalue weighted by atomic mass is 32.2. The van der Waals surface area contributed by atoms with E-state index in [0.717, 1.165) is 16.5 Å². The maximum atomic E-state index is 12.8. The normalized spacial score (nSPS) is 11.6. The molecule has 4 aromatic rings. The highest BCUT2D eigenvalue weighted by Crippen LogP contribution is 2.32. The fourth-order valence-corrected chi connectivity index (χ4v) is 4.21. The summed E-state index contributed by atoms with van der Waals surface area (Å²) < 4.78 is 39.3. The third-order valence-electron chi connectivity index (χ3n) is 4.90. The molecule has 0 amide bonds. The van der Waals surface area contributed by atoms with Crippen molar-refractivity contribution in [1.82, 2.24) is 14.7 Å². The van der Waals surface area contributed by atoms with Gasteiger partial charge in [0.05, 0.1) is 0 Å². The predicted molar refractivity (Wildman–Crippen MR) is 123 cm³/mol. The van der Waals surface area contributed by atoms with Crippen LogP contribution in [0.15, 0.2) is 51.3 Å². The van der Waals surface area contributed by atoms with E-state index in [9.17, 15) is 13.2 Å². The first-order valence-corrected chi connectivity index (χ1v) is 11.9. The average molecular weight is 473 g/mol. The second-order valence-corrected chi connectivity index (χ2v) is 9.52. The number of aromatic nitrogens is 2. The number of nitrogens with one attached hydrogen (secondary N) is 2. The van der Waals surface area contributed by atoms with Crippen molar-refractivity contribution in [3.05, 3.63) is 74.7 Å². The van der Waals surface area contributed by atoms with Crippen LogP contribution >= 0.6 is 11.3 Å². The second-order valence-electron chi connectivity index (χ2n) is 7.04. The summed E-state index contributed by atoms with van der Waals surface area (Å²) in [5.41, 5.74) is 2.82. The van der Waals surface area contributed by atoms with E-state index in [1.54, 1.807) is 24.4 Å². The first-order chi connectivity index (χ1) is 15.3. The first-order valence-electron chi connectivity index (χ1n) is 9.56. The molecule has 0 saturated heterocycles. The molecule has 166 valence electrons. The summed E-state index contributed by atoms with van der Waals surface area (Å²) in [7, 11) is -2.40. The van der Waals surface area contributed by atoms with Gasteiger partial charge in [-0.15, -0.1) is 0 Å². The Morgan fingerprint density at radius 3 is 2.69 bits per heavy atom. The molecule has 0 saturated carbocycles. The molecule has 9 nitrogen and oxygen atoms in total. The molecule has 0 fully saturated rings. The number of fused-ring (bicyclic) bond motifs is 1. The van der Waals surface area contributed by atoms with E-state index in [-0.39, 0.29) is 12.2 Å². The summed E-state index contributed by atoms with van der Waals surface area (Å²) in [5, 5.41) is 3.12. The molecule has 0 unspecified atom stereocenters. The Hall–Kier alpha value is -3.28. The van der Waals surface area contributed by atoms with Crippen molar-refractivity contribution in [2.24, 2.45) is 0 Å². The molecular weight excluding hydrogens is 452 g/mol. The van der Waals surface area contributed by atoms with Crippen molar-refractivity contribution < 1.29 is 17.6 Å². The molecule has 3 heterocycles. The zero-order chi connectivity index (χ0) is 22.9. The van der Waals surface area contributed by atoms with E-state index in [2.05, 4.69) is 19.4 Å². The lowest BCUT2D eigenvalue weighted by molar-refractivity contribution is 0.473. The van der Waals surface area contributed by atoms with Gasteiger partial charge in [0, 0.05) is 48.3 Å². The molecule has 1 aromatic carbocycles. The quantitative estimate of drug-likeness (QED) is 0.395. The molecule has 0 spiro atoms. The molecule has 4 rings (SSSR count). The maximum absolute atomic E-state index is 12.8.